The Balaban J connectivity index is -0.000000353. The molecular weight excluding hydrogens is 1470 g/mol. The summed E-state index contributed by atoms with van der Waals surface area (Å²) in [5, 5.41) is 6.61. The molecule has 103 heavy (non-hydrogen) atoms. The van der Waals surface area contributed by atoms with Gasteiger partial charge in [-0.05, 0) is 118 Å². The maximum Gasteiger partial charge on any atom is 0.218 e. The molecule has 29 heteroatoms. The third-order valence-corrected chi connectivity index (χ3v) is 22.5. The standard InChI is InChI=1S/C10H16N2S.C9H14N2OS.C9H16N2OS.C9H15NS2.C8H14N2OS.C8H12N2OS.C8H14N2OS.C8H14N2S.5CH4/c1-7(2)9-8(3)6-11-10(12-9)13(4)5;1-6(2)8-5-10-9(13(4)12)11-7(8)3;1-6(2)9-7(3)10-11(8(9)4)13(5)12;1-6(2)8-7(3)11-9(10-8)12(4)5;1-6(2)8-9-7(12(4)11)5-10(8)3;1-6(2)7-4-9-8(10-5-7)12(3)11;1-6(2)8-7(3)10(5-9-8)12(4)11;1-7(2)8-9-5-6-10(8)11(3)4;;;;;/h6-7H,4H2,1-3,5H3;5-6H,1-4H3;6H,1-5H3;6H,4H2,1-3,5H3;5-6H,1-4H3;4-6H,1-3H3;5-6H,1-4H3;5-7H,3H2,1-2,4H3;5*1H4. The third-order valence-electron chi connectivity index (χ3n) is 14.1. The summed E-state index contributed by atoms with van der Waals surface area (Å²) in [4.78, 5) is 43.6. The van der Waals surface area contributed by atoms with E-state index >= 15 is 0 Å². The number of rotatable bonds is 16. The minimum absolute atomic E-state index is 0. The first kappa shape index (κ1) is 107. The molecule has 8 unspecified atom stereocenters. The lowest BCUT2D eigenvalue weighted by Gasteiger charge is -2.09. The monoisotopic (exact) mass is 1600 g/mol. The number of aryl methyl sites for hydroxylation is 5. The molecule has 590 valence electrons. The number of hydrogen-bond acceptors (Lipinski definition) is 17. The van der Waals surface area contributed by atoms with Crippen molar-refractivity contribution < 1.29 is 21.0 Å². The summed E-state index contributed by atoms with van der Waals surface area (Å²) < 4.78 is 64.0. The van der Waals surface area contributed by atoms with Gasteiger partial charge in [0.2, 0.25) is 10.3 Å². The van der Waals surface area contributed by atoms with Crippen molar-refractivity contribution in [3.8, 4) is 0 Å². The minimum atomic E-state index is -1.08. The summed E-state index contributed by atoms with van der Waals surface area (Å²) in [7, 11) is -3.21. The Labute approximate surface area is 649 Å². The summed E-state index contributed by atoms with van der Waals surface area (Å²) in [6, 6.07) is 0. The summed E-state index contributed by atoms with van der Waals surface area (Å²) in [5.41, 5.74) is 12.0. The quantitative estimate of drug-likeness (QED) is 0.0644. The van der Waals surface area contributed by atoms with Crippen molar-refractivity contribution in [3.63, 3.8) is 0 Å². The maximum atomic E-state index is 11.3. The second kappa shape index (κ2) is 51.4. The predicted octanol–water partition coefficient (Wildman–Crippen LogP) is 18.6. The van der Waals surface area contributed by atoms with Crippen molar-refractivity contribution in [2.75, 3.05) is 50.0 Å². The number of imidazole rings is 3. The van der Waals surface area contributed by atoms with Crippen molar-refractivity contribution in [3.05, 3.63) is 128 Å². The fourth-order valence-electron chi connectivity index (χ4n) is 9.24. The Morgan fingerprint density at radius 1 is 0.447 bits per heavy atom. The van der Waals surface area contributed by atoms with E-state index in [2.05, 4.69) is 214 Å². The lowest BCUT2D eigenvalue weighted by atomic mass is 10.0. The molecule has 20 nitrogen and oxygen atoms in total. The van der Waals surface area contributed by atoms with Gasteiger partial charge in [-0.1, -0.05) is 176 Å². The van der Waals surface area contributed by atoms with Crippen molar-refractivity contribution in [1.82, 2.24) is 71.5 Å². The second-order valence-electron chi connectivity index (χ2n) is 25.6. The molecule has 0 saturated heterocycles. The smallest absolute Gasteiger partial charge is 0.218 e. The maximum absolute atomic E-state index is 11.3. The number of aromatic nitrogens is 15. The van der Waals surface area contributed by atoms with Gasteiger partial charge in [0.15, 0.2) is 5.16 Å². The van der Waals surface area contributed by atoms with E-state index in [-0.39, 0.29) is 68.8 Å². The predicted molar refractivity (Wildman–Crippen MR) is 463 cm³/mol. The average Bonchev–Trinajstić information content (AvgIpc) is 1.71. The van der Waals surface area contributed by atoms with Crippen LogP contribution in [0.25, 0.3) is 0 Å². The highest BCUT2D eigenvalue weighted by Crippen LogP contribution is 2.32. The van der Waals surface area contributed by atoms with Crippen LogP contribution >= 0.6 is 43.0 Å². The van der Waals surface area contributed by atoms with Crippen LogP contribution < -0.4 is 0 Å². The van der Waals surface area contributed by atoms with Crippen LogP contribution in [0, 0.1) is 41.5 Å². The minimum Gasteiger partial charge on any atom is -0.336 e. The van der Waals surface area contributed by atoms with E-state index in [9.17, 15) is 21.0 Å². The normalized spacial score (nSPS) is 12.9. The van der Waals surface area contributed by atoms with E-state index in [1.807, 2.05) is 70.4 Å². The third kappa shape index (κ3) is 35.1. The first-order valence-corrected chi connectivity index (χ1v) is 45.9. The van der Waals surface area contributed by atoms with Gasteiger partial charge >= 0.3 is 0 Å². The molecule has 0 N–H and O–H groups in total. The van der Waals surface area contributed by atoms with E-state index in [1.54, 1.807) is 75.6 Å². The van der Waals surface area contributed by atoms with Gasteiger partial charge in [0.05, 0.1) is 66.6 Å². The SMILES string of the molecule is C.C.C.C.C.C=S(C)c1nc(C(C)C)c(C)s1.C=S(C)c1ncc(C)c(C(C)C)n1.C=S(C)n1ccnc1C(C)C.CC(C)c1cnc(S(C)=O)nc1.CC(C)c1nc(S(C)=O)cn1C.Cc1c(C(C)C)ncn1S(C)=O.Cc1nc(S(C)=O)ncc1C(C)C.Cc1nn(S(C)=O)c(C)c1C(C)C. The molecule has 0 aliphatic rings. The van der Waals surface area contributed by atoms with Gasteiger partial charge in [0.1, 0.15) is 49.3 Å². The molecule has 0 saturated carbocycles. The van der Waals surface area contributed by atoms with Gasteiger partial charge in [-0.3, -0.25) is 20.6 Å². The van der Waals surface area contributed by atoms with Crippen LogP contribution in [0.2, 0.25) is 0 Å². The van der Waals surface area contributed by atoms with Gasteiger partial charge in [0.25, 0.3) is 0 Å². The topological polar surface area (TPSA) is 247 Å². The Hall–Kier alpha value is -4.88. The van der Waals surface area contributed by atoms with E-state index in [1.165, 1.54) is 26.0 Å². The molecule has 0 bridgehead atoms. The highest BCUT2D eigenvalue weighted by atomic mass is 32.2. The van der Waals surface area contributed by atoms with Crippen molar-refractivity contribution in [2.45, 2.75) is 262 Å². The van der Waals surface area contributed by atoms with Gasteiger partial charge in [-0.25, -0.2) is 58.3 Å². The van der Waals surface area contributed by atoms with Crippen LogP contribution in [0.1, 0.15) is 274 Å². The van der Waals surface area contributed by atoms with Crippen molar-refractivity contribution in [1.29, 1.82) is 0 Å². The molecule has 8 atom stereocenters. The molecule has 8 aromatic rings. The van der Waals surface area contributed by atoms with E-state index in [4.69, 9.17) is 0 Å². The summed E-state index contributed by atoms with van der Waals surface area (Å²) in [6.45, 7) is 45.8. The van der Waals surface area contributed by atoms with Crippen LogP contribution in [0.15, 0.2) is 74.5 Å². The second-order valence-corrected chi connectivity index (χ2v) is 38.3. The zero-order valence-corrected chi connectivity index (χ0v) is 71.6. The molecule has 0 fully saturated rings. The Kier molecular flexibility index (Phi) is 53.3. The lowest BCUT2D eigenvalue weighted by Crippen LogP contribution is -2.06. The zero-order valence-electron chi connectivity index (χ0n) is 64.3. The van der Waals surface area contributed by atoms with Crippen LogP contribution in [-0.2, 0) is 61.4 Å². The molecule has 0 spiro atoms. The van der Waals surface area contributed by atoms with Crippen molar-refractivity contribution in [2.24, 2.45) is 7.05 Å². The van der Waals surface area contributed by atoms with Gasteiger partial charge in [0, 0.05) is 104 Å². The highest BCUT2D eigenvalue weighted by molar-refractivity contribution is 8.14. The number of nitrogens with zero attached hydrogens (tertiary/aromatic N) is 15. The first-order chi connectivity index (χ1) is 45.3. The molecule has 0 amide bonds. The summed E-state index contributed by atoms with van der Waals surface area (Å²) in [6.07, 6.45) is 28.8. The Bertz CT molecular complexity index is 3920. The first-order valence-electron chi connectivity index (χ1n) is 32.0. The van der Waals surface area contributed by atoms with Crippen LogP contribution in [0.3, 0.4) is 0 Å². The highest BCUT2D eigenvalue weighted by Gasteiger charge is 2.17. The zero-order chi connectivity index (χ0) is 75.7. The van der Waals surface area contributed by atoms with E-state index in [0.717, 1.165) is 62.1 Å². The van der Waals surface area contributed by atoms with Crippen molar-refractivity contribution >= 4 is 115 Å². The molecule has 8 rings (SSSR count). The Morgan fingerprint density at radius 3 is 1.24 bits per heavy atom. The molecule has 8 aromatic heterocycles. The fourth-order valence-corrected chi connectivity index (χ4v) is 15.3. The van der Waals surface area contributed by atoms with E-state index in [0.29, 0.717) is 62.7 Å². The van der Waals surface area contributed by atoms with Gasteiger partial charge < -0.3 is 4.57 Å². The molecular formula is C74H135N15O5S9. The molecule has 8 heterocycles. The van der Waals surface area contributed by atoms with Gasteiger partial charge in [-0.15, -0.1) is 32.3 Å². The number of thiazole rings is 1. The lowest BCUT2D eigenvalue weighted by molar-refractivity contribution is 0.672. The van der Waals surface area contributed by atoms with Crippen LogP contribution in [0.4, 0.5) is 0 Å². The molecule has 0 radical (unpaired) electrons. The largest absolute Gasteiger partial charge is 0.336 e. The molecule has 0 aliphatic heterocycles. The Morgan fingerprint density at radius 2 is 0.942 bits per heavy atom. The molecule has 0 aliphatic carbocycles. The number of hydrogen-bond donors (Lipinski definition) is 0. The summed E-state index contributed by atoms with van der Waals surface area (Å²) in [5.74, 6) is 17.6. The summed E-state index contributed by atoms with van der Waals surface area (Å²) >= 11 is 1.79. The molecule has 0 aromatic carbocycles. The van der Waals surface area contributed by atoms with Crippen LogP contribution in [0.5, 0.6) is 0 Å². The van der Waals surface area contributed by atoms with Crippen LogP contribution in [-0.4, -0.2) is 160 Å². The average molecular weight is 1600 g/mol. The van der Waals surface area contributed by atoms with E-state index < -0.39 is 54.4 Å². The van der Waals surface area contributed by atoms with Gasteiger partial charge in [-0.2, -0.15) is 9.19 Å². The fraction of sp³-hybridized carbons (Fsp3) is 0.595.